The van der Waals surface area contributed by atoms with Gasteiger partial charge in [-0.2, -0.15) is 0 Å². The Morgan fingerprint density at radius 1 is 0.200 bits per heavy atom. The third-order valence-corrected chi connectivity index (χ3v) is 17.5. The van der Waals surface area contributed by atoms with Crippen LogP contribution in [0.25, 0.3) is 11.1 Å². The van der Waals surface area contributed by atoms with E-state index in [0.717, 1.165) is 79.4 Å². The van der Waals surface area contributed by atoms with E-state index in [1.165, 1.54) is 66.8 Å². The predicted molar refractivity (Wildman–Crippen MR) is 360 cm³/mol. The van der Waals surface area contributed by atoms with Gasteiger partial charge in [-0.3, -0.25) is 0 Å². The fraction of sp³-hybridized carbons (Fsp3) is 0.111. The third-order valence-electron chi connectivity index (χ3n) is 17.5. The van der Waals surface area contributed by atoms with E-state index in [1.54, 1.807) is 0 Å². The smallest absolute Gasteiger partial charge is 0.0716 e. The normalized spacial score (nSPS) is 12.1. The summed E-state index contributed by atoms with van der Waals surface area (Å²) < 4.78 is 0. The second-order valence-electron chi connectivity index (χ2n) is 23.0. The van der Waals surface area contributed by atoms with Crippen LogP contribution in [-0.2, 0) is 5.41 Å². The lowest BCUT2D eigenvalue weighted by Gasteiger charge is -2.39. The molecule has 414 valence electrons. The molecule has 0 heterocycles. The highest BCUT2D eigenvalue weighted by Crippen LogP contribution is 2.60. The molecule has 0 unspecified atom stereocenters. The van der Waals surface area contributed by atoms with Gasteiger partial charge in [0.25, 0.3) is 0 Å². The molecule has 4 heteroatoms. The number of para-hydroxylation sites is 8. The molecule has 0 atom stereocenters. The molecule has 1 aliphatic carbocycles. The summed E-state index contributed by atoms with van der Waals surface area (Å²) in [6.07, 6.45) is 0. The maximum absolute atomic E-state index is 2.52. The number of benzene rings is 12. The molecule has 4 nitrogen and oxygen atoms in total. The van der Waals surface area contributed by atoms with Crippen molar-refractivity contribution in [2.45, 2.75) is 60.8 Å². The van der Waals surface area contributed by atoms with E-state index in [1.807, 2.05) is 0 Å². The van der Waals surface area contributed by atoms with Crippen molar-refractivity contribution in [1.82, 2.24) is 0 Å². The Bertz CT molecular complexity index is 3780. The second-order valence-corrected chi connectivity index (χ2v) is 23.0. The van der Waals surface area contributed by atoms with Gasteiger partial charge in [-0.15, -0.1) is 0 Å². The van der Waals surface area contributed by atoms with Crippen molar-refractivity contribution in [3.05, 3.63) is 346 Å². The SMILES string of the molecule is Cc1ccccc1N(c1cc(N(c2ccccc2C)c2ccccc2C)cc(C2(c3cc(N(c4ccccc4C)c4ccccc4C)cc(N(c4ccccc4C)c4ccccc4C)c3)c3ccccc3-c3ccccc32)c1)c1ccccc1C. The highest BCUT2D eigenvalue weighted by atomic mass is 15.2. The fourth-order valence-corrected chi connectivity index (χ4v) is 13.3. The first-order chi connectivity index (χ1) is 41.5. The maximum Gasteiger partial charge on any atom is 0.0716 e. The van der Waals surface area contributed by atoms with Crippen molar-refractivity contribution in [3.63, 3.8) is 0 Å². The molecular weight excluding hydrogens is 1030 g/mol. The van der Waals surface area contributed by atoms with Crippen LogP contribution in [-0.4, -0.2) is 0 Å². The second kappa shape index (κ2) is 22.5. The highest BCUT2D eigenvalue weighted by Gasteiger charge is 2.48. The highest BCUT2D eigenvalue weighted by molar-refractivity contribution is 5.94. The molecule has 0 N–H and O–H groups in total. The van der Waals surface area contributed by atoms with Crippen LogP contribution in [0.3, 0.4) is 0 Å². The monoisotopic (exact) mass is 1100 g/mol. The molecule has 0 saturated heterocycles. The fourth-order valence-electron chi connectivity index (χ4n) is 13.3. The Balaban J connectivity index is 1.24. The average Bonchev–Trinajstić information content (AvgIpc) is 1.81. The summed E-state index contributed by atoms with van der Waals surface area (Å²) >= 11 is 0. The Kier molecular flexibility index (Phi) is 14.3. The van der Waals surface area contributed by atoms with Gasteiger partial charge in [0.05, 0.1) is 5.41 Å². The van der Waals surface area contributed by atoms with Gasteiger partial charge < -0.3 is 19.6 Å². The summed E-state index contributed by atoms with van der Waals surface area (Å²) in [6, 6.07) is 104. The van der Waals surface area contributed by atoms with Crippen LogP contribution in [0.15, 0.2) is 279 Å². The lowest BCUT2D eigenvalue weighted by Crippen LogP contribution is -2.30. The topological polar surface area (TPSA) is 13.0 Å². The lowest BCUT2D eigenvalue weighted by molar-refractivity contribution is 0.768. The van der Waals surface area contributed by atoms with Crippen LogP contribution in [0.4, 0.5) is 68.2 Å². The minimum atomic E-state index is -0.929. The first kappa shape index (κ1) is 54.1. The molecule has 1 aliphatic rings. The molecule has 0 spiro atoms. The maximum atomic E-state index is 2.52. The Hall–Kier alpha value is -10.2. The van der Waals surface area contributed by atoms with E-state index in [2.05, 4.69) is 354 Å². The molecule has 13 rings (SSSR count). The molecule has 0 bridgehead atoms. The van der Waals surface area contributed by atoms with Crippen LogP contribution in [0.2, 0.25) is 0 Å². The van der Waals surface area contributed by atoms with Crippen LogP contribution >= 0.6 is 0 Å². The van der Waals surface area contributed by atoms with Crippen molar-refractivity contribution >= 4 is 68.2 Å². The molecule has 0 saturated carbocycles. The summed E-state index contributed by atoms with van der Waals surface area (Å²) in [5.41, 5.74) is 28.7. The predicted octanol–water partition coefficient (Wildman–Crippen LogP) is 22.4. The minimum Gasteiger partial charge on any atom is -0.310 e. The van der Waals surface area contributed by atoms with Crippen molar-refractivity contribution in [2.24, 2.45) is 0 Å². The summed E-state index contributed by atoms with van der Waals surface area (Å²) in [6.45, 7) is 17.9. The van der Waals surface area contributed by atoms with Gasteiger partial charge in [-0.25, -0.2) is 0 Å². The molecule has 0 fully saturated rings. The Morgan fingerprint density at radius 2 is 0.376 bits per heavy atom. The van der Waals surface area contributed by atoms with Crippen LogP contribution < -0.4 is 19.6 Å². The molecule has 12 aromatic carbocycles. The number of rotatable bonds is 14. The van der Waals surface area contributed by atoms with Crippen LogP contribution in [0.5, 0.6) is 0 Å². The number of nitrogens with zero attached hydrogens (tertiary/aromatic N) is 4. The quantitative estimate of drug-likeness (QED) is 0.108. The zero-order chi connectivity index (χ0) is 58.3. The average molecular weight is 1100 g/mol. The zero-order valence-corrected chi connectivity index (χ0v) is 49.8. The first-order valence-corrected chi connectivity index (χ1v) is 29.7. The van der Waals surface area contributed by atoms with E-state index < -0.39 is 5.41 Å². The number of aryl methyl sites for hydroxylation is 8. The van der Waals surface area contributed by atoms with Gasteiger partial charge in [-0.05, 0) is 218 Å². The van der Waals surface area contributed by atoms with Crippen molar-refractivity contribution in [3.8, 4) is 11.1 Å². The summed E-state index contributed by atoms with van der Waals surface area (Å²) in [5.74, 6) is 0. The molecular formula is C81H70N4. The van der Waals surface area contributed by atoms with Gasteiger partial charge in [0.2, 0.25) is 0 Å². The molecule has 0 radical (unpaired) electrons. The molecule has 0 amide bonds. The third kappa shape index (κ3) is 9.54. The van der Waals surface area contributed by atoms with E-state index >= 15 is 0 Å². The van der Waals surface area contributed by atoms with E-state index in [0.29, 0.717) is 0 Å². The summed E-state index contributed by atoms with van der Waals surface area (Å²) in [4.78, 5) is 10.0. The summed E-state index contributed by atoms with van der Waals surface area (Å²) in [7, 11) is 0. The van der Waals surface area contributed by atoms with E-state index in [9.17, 15) is 0 Å². The van der Waals surface area contributed by atoms with Gasteiger partial charge in [0.1, 0.15) is 0 Å². The Morgan fingerprint density at radius 3 is 0.576 bits per heavy atom. The summed E-state index contributed by atoms with van der Waals surface area (Å²) in [5, 5.41) is 0. The van der Waals surface area contributed by atoms with Gasteiger partial charge in [0, 0.05) is 68.2 Å². The lowest BCUT2D eigenvalue weighted by atomic mass is 9.67. The zero-order valence-electron chi connectivity index (χ0n) is 49.8. The van der Waals surface area contributed by atoms with Crippen molar-refractivity contribution in [1.29, 1.82) is 0 Å². The Labute approximate surface area is 502 Å². The molecule has 85 heavy (non-hydrogen) atoms. The van der Waals surface area contributed by atoms with E-state index in [-0.39, 0.29) is 0 Å². The van der Waals surface area contributed by atoms with Crippen molar-refractivity contribution in [2.75, 3.05) is 19.6 Å². The largest absolute Gasteiger partial charge is 0.310 e. The molecule has 12 aromatic rings. The molecule has 0 aliphatic heterocycles. The van der Waals surface area contributed by atoms with Crippen LogP contribution in [0.1, 0.15) is 66.8 Å². The van der Waals surface area contributed by atoms with E-state index in [4.69, 9.17) is 0 Å². The minimum absolute atomic E-state index is 0.929. The number of hydrogen-bond donors (Lipinski definition) is 0. The number of fused-ring (bicyclic) bond motifs is 3. The molecule has 0 aromatic heterocycles. The number of hydrogen-bond acceptors (Lipinski definition) is 4. The standard InChI is InChI=1S/C81H70N4/c1-55-29-9-21-41-73(55)82(74-42-22-10-30-56(74)2)65-49-63(50-66(53-65)83(75-43-23-11-31-57(75)3)76-44-24-12-32-58(76)4)81(71-39-19-17-37-69(71)70-38-18-20-40-72(70)81)64-51-67(84(77-45-25-13-33-59(77)5)78-46-26-14-34-60(78)6)54-68(52-64)85(79-47-27-15-35-61(79)7)80-48-28-16-36-62(80)8/h9-54H,1-8H3. The van der Waals surface area contributed by atoms with Crippen molar-refractivity contribution < 1.29 is 0 Å². The van der Waals surface area contributed by atoms with Gasteiger partial charge in [0.15, 0.2) is 0 Å². The first-order valence-electron chi connectivity index (χ1n) is 29.7. The van der Waals surface area contributed by atoms with Gasteiger partial charge >= 0.3 is 0 Å². The van der Waals surface area contributed by atoms with Gasteiger partial charge in [-0.1, -0.05) is 194 Å². The number of anilines is 12. The van der Waals surface area contributed by atoms with Crippen LogP contribution in [0, 0.1) is 55.4 Å².